The summed E-state index contributed by atoms with van der Waals surface area (Å²) in [4.78, 5) is 9.06. The largest absolute Gasteiger partial charge is 0.497 e. The summed E-state index contributed by atoms with van der Waals surface area (Å²) < 4.78 is 5.27. The quantitative estimate of drug-likeness (QED) is 0.616. The highest BCUT2D eigenvalue weighted by atomic mass is 16.5. The van der Waals surface area contributed by atoms with Gasteiger partial charge in [-0.05, 0) is 49.3 Å². The van der Waals surface area contributed by atoms with Crippen molar-refractivity contribution in [3.05, 3.63) is 65.2 Å². The van der Waals surface area contributed by atoms with Crippen LogP contribution in [0.4, 0.5) is 0 Å². The second-order valence-electron chi connectivity index (χ2n) is 7.66. The first-order valence-corrected chi connectivity index (χ1v) is 9.91. The SMILES string of the molecule is CN=C(NCc1cccc(CN(C)C)c1)N1CCC(c2ccc(OC)cc2)C1. The van der Waals surface area contributed by atoms with Gasteiger partial charge in [-0.3, -0.25) is 4.99 Å². The lowest BCUT2D eigenvalue weighted by atomic mass is 9.98. The smallest absolute Gasteiger partial charge is 0.193 e. The Balaban J connectivity index is 1.57. The van der Waals surface area contributed by atoms with Crippen LogP contribution in [0.2, 0.25) is 0 Å². The van der Waals surface area contributed by atoms with E-state index in [1.54, 1.807) is 7.11 Å². The monoisotopic (exact) mass is 380 g/mol. The van der Waals surface area contributed by atoms with Gasteiger partial charge in [-0.1, -0.05) is 36.4 Å². The summed E-state index contributed by atoms with van der Waals surface area (Å²) in [6.45, 7) is 3.76. The first-order chi connectivity index (χ1) is 13.6. The van der Waals surface area contributed by atoms with Crippen molar-refractivity contribution in [3.8, 4) is 5.75 Å². The van der Waals surface area contributed by atoms with Crippen LogP contribution >= 0.6 is 0 Å². The summed E-state index contributed by atoms with van der Waals surface area (Å²) in [7, 11) is 7.77. The molecule has 0 spiro atoms. The van der Waals surface area contributed by atoms with E-state index in [0.29, 0.717) is 5.92 Å². The Morgan fingerprint density at radius 1 is 1.18 bits per heavy atom. The zero-order chi connectivity index (χ0) is 19.9. The maximum atomic E-state index is 5.27. The molecule has 1 N–H and O–H groups in total. The number of benzene rings is 2. The number of nitrogens with one attached hydrogen (secondary N) is 1. The summed E-state index contributed by atoms with van der Waals surface area (Å²) in [6, 6.07) is 17.2. The Morgan fingerprint density at radius 2 is 1.93 bits per heavy atom. The van der Waals surface area contributed by atoms with Gasteiger partial charge in [0.2, 0.25) is 0 Å². The molecule has 0 aromatic heterocycles. The molecule has 1 fully saturated rings. The average molecular weight is 381 g/mol. The normalized spacial score (nSPS) is 17.2. The molecule has 3 rings (SSSR count). The van der Waals surface area contributed by atoms with Crippen LogP contribution in [-0.2, 0) is 13.1 Å². The van der Waals surface area contributed by atoms with Crippen molar-refractivity contribution >= 4 is 5.96 Å². The van der Waals surface area contributed by atoms with Gasteiger partial charge in [0, 0.05) is 39.1 Å². The topological polar surface area (TPSA) is 40.1 Å². The number of hydrogen-bond acceptors (Lipinski definition) is 3. The van der Waals surface area contributed by atoms with Gasteiger partial charge in [-0.2, -0.15) is 0 Å². The average Bonchev–Trinajstić information content (AvgIpc) is 3.18. The lowest BCUT2D eigenvalue weighted by Crippen LogP contribution is -2.39. The first kappa shape index (κ1) is 20.2. The minimum atomic E-state index is 0.535. The highest BCUT2D eigenvalue weighted by molar-refractivity contribution is 5.80. The molecule has 2 aromatic rings. The number of likely N-dealkylation sites (tertiary alicyclic amines) is 1. The fourth-order valence-corrected chi connectivity index (χ4v) is 3.82. The molecule has 0 bridgehead atoms. The van der Waals surface area contributed by atoms with Crippen LogP contribution in [0.15, 0.2) is 53.5 Å². The lowest BCUT2D eigenvalue weighted by Gasteiger charge is -2.22. The molecule has 0 aliphatic carbocycles. The van der Waals surface area contributed by atoms with Crippen LogP contribution in [0.5, 0.6) is 5.75 Å². The highest BCUT2D eigenvalue weighted by Gasteiger charge is 2.26. The van der Waals surface area contributed by atoms with E-state index in [1.807, 2.05) is 19.2 Å². The molecule has 1 saturated heterocycles. The van der Waals surface area contributed by atoms with Crippen LogP contribution in [0.3, 0.4) is 0 Å². The molecule has 0 saturated carbocycles. The predicted octanol–water partition coefficient (Wildman–Crippen LogP) is 3.32. The van der Waals surface area contributed by atoms with Gasteiger partial charge in [-0.25, -0.2) is 0 Å². The van der Waals surface area contributed by atoms with Gasteiger partial charge in [0.05, 0.1) is 7.11 Å². The number of hydrogen-bond donors (Lipinski definition) is 1. The molecule has 28 heavy (non-hydrogen) atoms. The van der Waals surface area contributed by atoms with Gasteiger partial charge in [-0.15, -0.1) is 0 Å². The van der Waals surface area contributed by atoms with Crippen molar-refractivity contribution in [1.82, 2.24) is 15.1 Å². The summed E-state index contributed by atoms with van der Waals surface area (Å²) in [6.07, 6.45) is 1.14. The number of guanidine groups is 1. The first-order valence-electron chi connectivity index (χ1n) is 9.91. The van der Waals surface area contributed by atoms with Crippen LogP contribution in [0.25, 0.3) is 0 Å². The van der Waals surface area contributed by atoms with Crippen molar-refractivity contribution in [2.45, 2.75) is 25.4 Å². The molecule has 1 atom stereocenters. The number of rotatable bonds is 6. The van der Waals surface area contributed by atoms with Crippen LogP contribution < -0.4 is 10.1 Å². The van der Waals surface area contributed by atoms with E-state index in [2.05, 4.69) is 70.6 Å². The molecule has 0 radical (unpaired) electrons. The fourth-order valence-electron chi connectivity index (χ4n) is 3.82. The van der Waals surface area contributed by atoms with Gasteiger partial charge in [0.25, 0.3) is 0 Å². The van der Waals surface area contributed by atoms with Gasteiger partial charge < -0.3 is 19.9 Å². The Labute approximate surface area is 169 Å². The van der Waals surface area contributed by atoms with E-state index in [-0.39, 0.29) is 0 Å². The third kappa shape index (κ3) is 5.26. The Morgan fingerprint density at radius 3 is 2.61 bits per heavy atom. The van der Waals surface area contributed by atoms with Crippen molar-refractivity contribution in [3.63, 3.8) is 0 Å². The van der Waals surface area contributed by atoms with E-state index < -0.39 is 0 Å². The second-order valence-corrected chi connectivity index (χ2v) is 7.66. The molecule has 5 nitrogen and oxygen atoms in total. The molecular formula is C23H32N4O. The number of ether oxygens (including phenoxy) is 1. The Hall–Kier alpha value is -2.53. The third-order valence-electron chi connectivity index (χ3n) is 5.23. The van der Waals surface area contributed by atoms with E-state index in [0.717, 1.165) is 44.3 Å². The molecule has 1 aliphatic heterocycles. The maximum absolute atomic E-state index is 5.27. The second kappa shape index (κ2) is 9.60. The minimum absolute atomic E-state index is 0.535. The van der Waals surface area contributed by atoms with Crippen LogP contribution in [-0.4, -0.2) is 57.1 Å². The van der Waals surface area contributed by atoms with Crippen LogP contribution in [0, 0.1) is 0 Å². The van der Waals surface area contributed by atoms with Crippen molar-refractivity contribution < 1.29 is 4.74 Å². The summed E-state index contributed by atoms with van der Waals surface area (Å²) in [5, 5.41) is 3.54. The molecular weight excluding hydrogens is 348 g/mol. The summed E-state index contributed by atoms with van der Waals surface area (Å²) in [5.41, 5.74) is 3.99. The Kier molecular flexibility index (Phi) is 6.93. The minimum Gasteiger partial charge on any atom is -0.497 e. The standard InChI is InChI=1S/C23H32N4O/c1-24-23(25-15-18-6-5-7-19(14-18)16-26(2)3)27-13-12-21(17-27)20-8-10-22(28-4)11-9-20/h5-11,14,21H,12-13,15-17H2,1-4H3,(H,24,25). The fraction of sp³-hybridized carbons (Fsp3) is 0.435. The molecule has 150 valence electrons. The molecule has 0 amide bonds. The van der Waals surface area contributed by atoms with E-state index in [1.165, 1.54) is 16.7 Å². The molecule has 1 heterocycles. The molecule has 5 heteroatoms. The number of aliphatic imine (C=N–C) groups is 1. The number of methoxy groups -OCH3 is 1. The molecule has 1 unspecified atom stereocenters. The predicted molar refractivity (Wildman–Crippen MR) is 116 cm³/mol. The summed E-state index contributed by atoms with van der Waals surface area (Å²) >= 11 is 0. The van der Waals surface area contributed by atoms with Crippen molar-refractivity contribution in [1.29, 1.82) is 0 Å². The maximum Gasteiger partial charge on any atom is 0.193 e. The zero-order valence-electron chi connectivity index (χ0n) is 17.5. The van der Waals surface area contributed by atoms with Crippen molar-refractivity contribution in [2.75, 3.05) is 41.3 Å². The van der Waals surface area contributed by atoms with E-state index in [4.69, 9.17) is 4.74 Å². The van der Waals surface area contributed by atoms with Gasteiger partial charge in [0.1, 0.15) is 5.75 Å². The zero-order valence-corrected chi connectivity index (χ0v) is 17.5. The lowest BCUT2D eigenvalue weighted by molar-refractivity contribution is 0.402. The van der Waals surface area contributed by atoms with Crippen LogP contribution in [0.1, 0.15) is 29.0 Å². The number of nitrogens with zero attached hydrogens (tertiary/aromatic N) is 3. The van der Waals surface area contributed by atoms with E-state index in [9.17, 15) is 0 Å². The van der Waals surface area contributed by atoms with Gasteiger partial charge in [0.15, 0.2) is 5.96 Å². The molecule has 1 aliphatic rings. The third-order valence-corrected chi connectivity index (χ3v) is 5.23. The van der Waals surface area contributed by atoms with Gasteiger partial charge >= 0.3 is 0 Å². The van der Waals surface area contributed by atoms with E-state index >= 15 is 0 Å². The summed E-state index contributed by atoms with van der Waals surface area (Å²) in [5.74, 6) is 2.43. The Bertz CT molecular complexity index is 785. The van der Waals surface area contributed by atoms with Crippen molar-refractivity contribution in [2.24, 2.45) is 4.99 Å². The highest BCUT2D eigenvalue weighted by Crippen LogP contribution is 2.28. The molecule has 2 aromatic carbocycles.